The molecule has 1 saturated heterocycles. The molecule has 0 aromatic carbocycles. The summed E-state index contributed by atoms with van der Waals surface area (Å²) in [7, 11) is 0. The predicted molar refractivity (Wildman–Crippen MR) is 76.7 cm³/mol. The molecule has 2 rings (SSSR count). The summed E-state index contributed by atoms with van der Waals surface area (Å²) >= 11 is 0. The number of nitrogens with zero attached hydrogens (tertiary/aromatic N) is 1. The Kier molecular flexibility index (Phi) is 7.17. The Hall–Kier alpha value is -0.0500. The summed E-state index contributed by atoms with van der Waals surface area (Å²) in [6, 6.07) is 0.461. The average molecular weight is 259 g/mol. The van der Waals surface area contributed by atoms with Gasteiger partial charge in [-0.05, 0) is 51.6 Å². The van der Waals surface area contributed by atoms with Crippen molar-refractivity contribution in [1.29, 1.82) is 0 Å². The Morgan fingerprint density at radius 1 is 1.12 bits per heavy atom. The molecule has 2 aliphatic rings. The fourth-order valence-corrected chi connectivity index (χ4v) is 2.80. The lowest BCUT2D eigenvalue weighted by Gasteiger charge is -2.31. The van der Waals surface area contributed by atoms with Crippen molar-refractivity contribution in [2.24, 2.45) is 5.73 Å². The molecule has 0 unspecified atom stereocenters. The smallest absolute Gasteiger partial charge is 0.0192 e. The minimum atomic E-state index is 0. The highest BCUT2D eigenvalue weighted by atomic mass is 35.5. The van der Waals surface area contributed by atoms with Crippen LogP contribution in [0.1, 0.15) is 51.4 Å². The van der Waals surface area contributed by atoms with Crippen LogP contribution in [-0.4, -0.2) is 30.6 Å². The minimum Gasteiger partial charge on any atom is -0.328 e. The molecular formula is C14H27ClN2. The fraction of sp³-hybridized carbons (Fsp3) is 0.857. The monoisotopic (exact) mass is 258 g/mol. The molecule has 100 valence electrons. The Balaban J connectivity index is 0.00000144. The second kappa shape index (κ2) is 8.12. The molecule has 0 aromatic heterocycles. The van der Waals surface area contributed by atoms with Gasteiger partial charge in [0.1, 0.15) is 0 Å². The zero-order chi connectivity index (χ0) is 11.2. The second-order valence-electron chi connectivity index (χ2n) is 5.43. The van der Waals surface area contributed by atoms with E-state index in [9.17, 15) is 0 Å². The number of piperidine rings is 1. The van der Waals surface area contributed by atoms with E-state index < -0.39 is 0 Å². The van der Waals surface area contributed by atoms with Crippen LogP contribution in [-0.2, 0) is 0 Å². The number of rotatable bonds is 2. The normalized spacial score (nSPS) is 27.5. The minimum absolute atomic E-state index is 0. The van der Waals surface area contributed by atoms with E-state index in [4.69, 9.17) is 5.73 Å². The molecule has 2 nitrogen and oxygen atoms in total. The Bertz CT molecular complexity index is 232. The third-order valence-corrected chi connectivity index (χ3v) is 3.94. The topological polar surface area (TPSA) is 29.3 Å². The van der Waals surface area contributed by atoms with Crippen molar-refractivity contribution in [1.82, 2.24) is 4.90 Å². The van der Waals surface area contributed by atoms with E-state index in [0.29, 0.717) is 6.04 Å². The highest BCUT2D eigenvalue weighted by Crippen LogP contribution is 2.19. The quantitative estimate of drug-likeness (QED) is 0.772. The van der Waals surface area contributed by atoms with E-state index in [-0.39, 0.29) is 12.4 Å². The van der Waals surface area contributed by atoms with Crippen molar-refractivity contribution in [3.05, 3.63) is 11.6 Å². The van der Waals surface area contributed by atoms with Crippen molar-refractivity contribution in [2.45, 2.75) is 57.4 Å². The zero-order valence-electron chi connectivity index (χ0n) is 10.9. The van der Waals surface area contributed by atoms with Crippen LogP contribution in [0.2, 0.25) is 0 Å². The van der Waals surface area contributed by atoms with E-state index >= 15 is 0 Å². The van der Waals surface area contributed by atoms with E-state index in [2.05, 4.69) is 11.0 Å². The van der Waals surface area contributed by atoms with Gasteiger partial charge in [0.15, 0.2) is 0 Å². The summed E-state index contributed by atoms with van der Waals surface area (Å²) < 4.78 is 0. The van der Waals surface area contributed by atoms with E-state index in [0.717, 1.165) is 0 Å². The maximum Gasteiger partial charge on any atom is 0.0192 e. The maximum atomic E-state index is 5.93. The lowest BCUT2D eigenvalue weighted by molar-refractivity contribution is 0.227. The number of hydrogen-bond acceptors (Lipinski definition) is 2. The molecule has 0 bridgehead atoms. The number of halogens is 1. The van der Waals surface area contributed by atoms with Gasteiger partial charge in [0.05, 0.1) is 0 Å². The van der Waals surface area contributed by atoms with E-state index in [1.165, 1.54) is 71.0 Å². The molecule has 2 N–H and O–H groups in total. The average Bonchev–Trinajstić information content (AvgIpc) is 2.25. The summed E-state index contributed by atoms with van der Waals surface area (Å²) in [6.07, 6.45) is 13.2. The lowest BCUT2D eigenvalue weighted by atomic mass is 9.98. The Morgan fingerprint density at radius 2 is 1.82 bits per heavy atom. The molecule has 0 amide bonds. The molecule has 0 radical (unpaired) electrons. The molecule has 17 heavy (non-hydrogen) atoms. The van der Waals surface area contributed by atoms with Gasteiger partial charge in [-0.15, -0.1) is 12.4 Å². The Labute approximate surface area is 112 Å². The summed E-state index contributed by atoms with van der Waals surface area (Å²) in [5.41, 5.74) is 7.62. The first-order chi connectivity index (χ1) is 7.84. The van der Waals surface area contributed by atoms with Crippen molar-refractivity contribution in [3.8, 4) is 0 Å². The number of allylic oxidation sites excluding steroid dienone is 1. The van der Waals surface area contributed by atoms with Crippen LogP contribution in [0.3, 0.4) is 0 Å². The molecule has 0 atom stereocenters. The second-order valence-corrected chi connectivity index (χ2v) is 5.43. The largest absolute Gasteiger partial charge is 0.328 e. The standard InChI is InChI=1S/C14H26N2.ClH/c15-14-8-10-16(11-9-14)12-13-6-4-2-1-3-5-7-13;/h6,14H,1-5,7-12,15H2;1H/b13-6+;. The van der Waals surface area contributed by atoms with Crippen LogP contribution < -0.4 is 5.73 Å². The van der Waals surface area contributed by atoms with Gasteiger partial charge in [-0.2, -0.15) is 0 Å². The zero-order valence-corrected chi connectivity index (χ0v) is 11.7. The van der Waals surface area contributed by atoms with Crippen molar-refractivity contribution in [2.75, 3.05) is 19.6 Å². The maximum absolute atomic E-state index is 5.93. The first-order valence-corrected chi connectivity index (χ1v) is 7.00. The van der Waals surface area contributed by atoms with E-state index in [1.54, 1.807) is 5.57 Å². The van der Waals surface area contributed by atoms with Gasteiger partial charge in [0, 0.05) is 12.6 Å². The van der Waals surface area contributed by atoms with Gasteiger partial charge < -0.3 is 5.73 Å². The molecular weight excluding hydrogens is 232 g/mol. The van der Waals surface area contributed by atoms with Gasteiger partial charge >= 0.3 is 0 Å². The first kappa shape index (κ1) is 15.0. The van der Waals surface area contributed by atoms with Crippen LogP contribution in [0.4, 0.5) is 0 Å². The fourth-order valence-electron chi connectivity index (χ4n) is 2.80. The van der Waals surface area contributed by atoms with Crippen LogP contribution in [0.15, 0.2) is 11.6 Å². The van der Waals surface area contributed by atoms with Crippen LogP contribution in [0.25, 0.3) is 0 Å². The number of nitrogens with two attached hydrogens (primary N) is 1. The summed E-state index contributed by atoms with van der Waals surface area (Å²) in [6.45, 7) is 3.63. The molecule has 1 fully saturated rings. The molecule has 1 aliphatic carbocycles. The molecule has 1 heterocycles. The predicted octanol–water partition coefficient (Wildman–Crippen LogP) is 3.11. The van der Waals surface area contributed by atoms with Gasteiger partial charge in [-0.1, -0.05) is 24.5 Å². The van der Waals surface area contributed by atoms with E-state index in [1.807, 2.05) is 0 Å². The Morgan fingerprint density at radius 3 is 2.59 bits per heavy atom. The molecule has 0 saturated carbocycles. The lowest BCUT2D eigenvalue weighted by Crippen LogP contribution is -2.40. The highest BCUT2D eigenvalue weighted by molar-refractivity contribution is 5.85. The van der Waals surface area contributed by atoms with Gasteiger partial charge in [0.25, 0.3) is 0 Å². The molecule has 1 aliphatic heterocycles. The number of likely N-dealkylation sites (tertiary alicyclic amines) is 1. The van der Waals surface area contributed by atoms with Crippen molar-refractivity contribution in [3.63, 3.8) is 0 Å². The summed E-state index contributed by atoms with van der Waals surface area (Å²) in [5, 5.41) is 0. The van der Waals surface area contributed by atoms with Gasteiger partial charge in [0.2, 0.25) is 0 Å². The molecule has 3 heteroatoms. The van der Waals surface area contributed by atoms with Crippen LogP contribution >= 0.6 is 12.4 Å². The van der Waals surface area contributed by atoms with Crippen LogP contribution in [0.5, 0.6) is 0 Å². The van der Waals surface area contributed by atoms with Crippen molar-refractivity contribution >= 4 is 12.4 Å². The third kappa shape index (κ3) is 5.41. The third-order valence-electron chi connectivity index (χ3n) is 3.94. The summed E-state index contributed by atoms with van der Waals surface area (Å²) in [5.74, 6) is 0. The summed E-state index contributed by atoms with van der Waals surface area (Å²) in [4.78, 5) is 2.59. The van der Waals surface area contributed by atoms with Gasteiger partial charge in [-0.25, -0.2) is 0 Å². The van der Waals surface area contributed by atoms with Crippen molar-refractivity contribution < 1.29 is 0 Å². The molecule has 0 spiro atoms. The first-order valence-electron chi connectivity index (χ1n) is 7.00. The SMILES string of the molecule is Cl.NC1CCN(C/C2=C/CCCCCC2)CC1. The van der Waals surface area contributed by atoms with Crippen LogP contribution in [0, 0.1) is 0 Å². The highest BCUT2D eigenvalue weighted by Gasteiger charge is 2.16. The number of hydrogen-bond donors (Lipinski definition) is 1. The molecule has 0 aromatic rings. The van der Waals surface area contributed by atoms with Gasteiger partial charge in [-0.3, -0.25) is 4.90 Å².